The van der Waals surface area contributed by atoms with Gasteiger partial charge in [-0.05, 0) is 51.5 Å². The van der Waals surface area contributed by atoms with Crippen molar-refractivity contribution < 1.29 is 4.79 Å². The first-order valence-corrected chi connectivity index (χ1v) is 8.40. The van der Waals surface area contributed by atoms with Gasteiger partial charge in [0.25, 0.3) is 5.91 Å². The molecule has 6 nitrogen and oxygen atoms in total. The van der Waals surface area contributed by atoms with E-state index in [9.17, 15) is 4.79 Å². The van der Waals surface area contributed by atoms with Crippen LogP contribution >= 0.6 is 0 Å². The Balaban J connectivity index is 1.69. The molecule has 1 atom stereocenters. The van der Waals surface area contributed by atoms with E-state index in [0.717, 1.165) is 50.2 Å². The molecule has 2 aromatic rings. The van der Waals surface area contributed by atoms with Gasteiger partial charge in [-0.15, -0.1) is 0 Å². The molecule has 1 N–H and O–H groups in total. The molecule has 0 aliphatic carbocycles. The molecule has 0 unspecified atom stereocenters. The van der Waals surface area contributed by atoms with Crippen molar-refractivity contribution in [3.8, 4) is 0 Å². The van der Waals surface area contributed by atoms with E-state index < -0.39 is 0 Å². The van der Waals surface area contributed by atoms with E-state index in [4.69, 9.17) is 0 Å². The molecule has 2 aromatic heterocycles. The standard InChI is InChI=1S/C17H25N5O/c1-4-22-11-15(13(3)20-22)17(23)21-7-5-6-14(10-21)8-16-12(2)9-18-19-16/h9,11,14H,4-8,10H2,1-3H3,(H,18,19)/t14-/m1/s1. The molecule has 1 amide bonds. The molecule has 3 rings (SSSR count). The average molecular weight is 315 g/mol. The summed E-state index contributed by atoms with van der Waals surface area (Å²) in [6, 6.07) is 0. The highest BCUT2D eigenvalue weighted by Gasteiger charge is 2.27. The number of H-pyrrole nitrogens is 1. The number of piperidine rings is 1. The number of amides is 1. The zero-order valence-electron chi connectivity index (χ0n) is 14.2. The van der Waals surface area contributed by atoms with E-state index >= 15 is 0 Å². The lowest BCUT2D eigenvalue weighted by Crippen LogP contribution is -2.40. The van der Waals surface area contributed by atoms with E-state index in [-0.39, 0.29) is 5.91 Å². The van der Waals surface area contributed by atoms with Crippen LogP contribution in [0, 0.1) is 19.8 Å². The van der Waals surface area contributed by atoms with Gasteiger partial charge in [0.15, 0.2) is 0 Å². The van der Waals surface area contributed by atoms with Crippen LogP contribution in [-0.4, -0.2) is 43.9 Å². The lowest BCUT2D eigenvalue weighted by molar-refractivity contribution is 0.0672. The molecule has 0 radical (unpaired) electrons. The van der Waals surface area contributed by atoms with E-state index in [1.165, 1.54) is 11.3 Å². The Kier molecular flexibility index (Phi) is 4.50. The molecule has 0 spiro atoms. The predicted molar refractivity (Wildman–Crippen MR) is 88.3 cm³/mol. The van der Waals surface area contributed by atoms with Crippen molar-refractivity contribution in [2.75, 3.05) is 13.1 Å². The highest BCUT2D eigenvalue weighted by Crippen LogP contribution is 2.23. The summed E-state index contributed by atoms with van der Waals surface area (Å²) < 4.78 is 1.83. The maximum Gasteiger partial charge on any atom is 0.257 e. The molecular weight excluding hydrogens is 290 g/mol. The van der Waals surface area contributed by atoms with Gasteiger partial charge in [-0.2, -0.15) is 10.2 Å². The third-order valence-electron chi connectivity index (χ3n) is 4.73. The minimum Gasteiger partial charge on any atom is -0.338 e. The third-order valence-corrected chi connectivity index (χ3v) is 4.73. The monoisotopic (exact) mass is 315 g/mol. The lowest BCUT2D eigenvalue weighted by atomic mass is 9.92. The van der Waals surface area contributed by atoms with Crippen molar-refractivity contribution in [2.45, 2.75) is 46.6 Å². The average Bonchev–Trinajstić information content (AvgIpc) is 3.13. The van der Waals surface area contributed by atoms with Gasteiger partial charge in [0.2, 0.25) is 0 Å². The first kappa shape index (κ1) is 15.8. The molecular formula is C17H25N5O. The number of nitrogens with zero attached hydrogens (tertiary/aromatic N) is 4. The van der Waals surface area contributed by atoms with Crippen molar-refractivity contribution in [1.82, 2.24) is 24.9 Å². The molecule has 0 bridgehead atoms. The predicted octanol–water partition coefficient (Wildman–Crippen LogP) is 2.34. The highest BCUT2D eigenvalue weighted by molar-refractivity contribution is 5.95. The molecule has 23 heavy (non-hydrogen) atoms. The number of aryl methyl sites for hydroxylation is 3. The number of hydrogen-bond donors (Lipinski definition) is 1. The number of hydrogen-bond acceptors (Lipinski definition) is 3. The minimum atomic E-state index is 0.119. The van der Waals surface area contributed by atoms with Crippen molar-refractivity contribution in [3.63, 3.8) is 0 Å². The summed E-state index contributed by atoms with van der Waals surface area (Å²) in [5, 5.41) is 11.6. The second kappa shape index (κ2) is 6.56. The molecule has 3 heterocycles. The summed E-state index contributed by atoms with van der Waals surface area (Å²) in [6.07, 6.45) is 6.92. The van der Waals surface area contributed by atoms with Crippen LogP contribution in [0.2, 0.25) is 0 Å². The second-order valence-corrected chi connectivity index (χ2v) is 6.48. The van der Waals surface area contributed by atoms with Crippen molar-refractivity contribution >= 4 is 5.91 Å². The fraction of sp³-hybridized carbons (Fsp3) is 0.588. The number of carbonyl (C=O) groups excluding carboxylic acids is 1. The number of carbonyl (C=O) groups is 1. The Bertz CT molecular complexity index is 687. The van der Waals surface area contributed by atoms with Gasteiger partial charge in [0.05, 0.1) is 17.5 Å². The first-order chi connectivity index (χ1) is 11.1. The largest absolute Gasteiger partial charge is 0.338 e. The fourth-order valence-corrected chi connectivity index (χ4v) is 3.34. The van der Waals surface area contributed by atoms with Crippen LogP contribution in [0.15, 0.2) is 12.4 Å². The minimum absolute atomic E-state index is 0.119. The van der Waals surface area contributed by atoms with Gasteiger partial charge in [-0.25, -0.2) is 0 Å². The maximum absolute atomic E-state index is 12.8. The first-order valence-electron chi connectivity index (χ1n) is 8.40. The van der Waals surface area contributed by atoms with Crippen LogP contribution in [0.5, 0.6) is 0 Å². The highest BCUT2D eigenvalue weighted by atomic mass is 16.2. The Morgan fingerprint density at radius 3 is 2.91 bits per heavy atom. The molecule has 0 saturated carbocycles. The van der Waals surface area contributed by atoms with E-state index in [1.807, 2.05) is 35.8 Å². The summed E-state index contributed by atoms with van der Waals surface area (Å²) in [6.45, 7) is 8.46. The summed E-state index contributed by atoms with van der Waals surface area (Å²) in [7, 11) is 0. The van der Waals surface area contributed by atoms with Crippen molar-refractivity contribution in [1.29, 1.82) is 0 Å². The van der Waals surface area contributed by atoms with Crippen LogP contribution in [-0.2, 0) is 13.0 Å². The molecule has 0 aromatic carbocycles. The van der Waals surface area contributed by atoms with Crippen molar-refractivity contribution in [2.24, 2.45) is 5.92 Å². The number of aromatic nitrogens is 4. The van der Waals surface area contributed by atoms with E-state index in [1.54, 1.807) is 0 Å². The molecule has 1 fully saturated rings. The van der Waals surface area contributed by atoms with Gasteiger partial charge in [0.1, 0.15) is 0 Å². The van der Waals surface area contributed by atoms with Crippen LogP contribution < -0.4 is 0 Å². The summed E-state index contributed by atoms with van der Waals surface area (Å²) >= 11 is 0. The van der Waals surface area contributed by atoms with Gasteiger partial charge in [-0.3, -0.25) is 14.6 Å². The maximum atomic E-state index is 12.8. The number of rotatable bonds is 4. The van der Waals surface area contributed by atoms with E-state index in [2.05, 4.69) is 22.2 Å². The number of nitrogens with one attached hydrogen (secondary N) is 1. The Labute approximate surface area is 136 Å². The second-order valence-electron chi connectivity index (χ2n) is 6.48. The molecule has 6 heteroatoms. The third kappa shape index (κ3) is 3.30. The van der Waals surface area contributed by atoms with Gasteiger partial charge in [0, 0.05) is 31.5 Å². The van der Waals surface area contributed by atoms with Crippen LogP contribution in [0.1, 0.15) is 47.1 Å². The Morgan fingerprint density at radius 2 is 2.26 bits per heavy atom. The summed E-state index contributed by atoms with van der Waals surface area (Å²) in [5.41, 5.74) is 3.96. The lowest BCUT2D eigenvalue weighted by Gasteiger charge is -2.32. The molecule has 1 aliphatic rings. The van der Waals surface area contributed by atoms with Crippen LogP contribution in [0.25, 0.3) is 0 Å². The zero-order chi connectivity index (χ0) is 16.4. The Morgan fingerprint density at radius 1 is 1.43 bits per heavy atom. The zero-order valence-corrected chi connectivity index (χ0v) is 14.2. The fourth-order valence-electron chi connectivity index (χ4n) is 3.34. The van der Waals surface area contributed by atoms with Crippen molar-refractivity contribution in [3.05, 3.63) is 34.9 Å². The number of likely N-dealkylation sites (tertiary alicyclic amines) is 1. The van der Waals surface area contributed by atoms with Gasteiger partial charge >= 0.3 is 0 Å². The van der Waals surface area contributed by atoms with Crippen LogP contribution in [0.4, 0.5) is 0 Å². The quantitative estimate of drug-likeness (QED) is 0.941. The normalized spacial score (nSPS) is 18.4. The van der Waals surface area contributed by atoms with Gasteiger partial charge in [-0.1, -0.05) is 0 Å². The van der Waals surface area contributed by atoms with Gasteiger partial charge < -0.3 is 4.90 Å². The molecule has 124 valence electrons. The molecule has 1 saturated heterocycles. The summed E-state index contributed by atoms with van der Waals surface area (Å²) in [5.74, 6) is 0.613. The Hall–Kier alpha value is -2.11. The van der Waals surface area contributed by atoms with E-state index in [0.29, 0.717) is 5.92 Å². The van der Waals surface area contributed by atoms with Crippen LogP contribution in [0.3, 0.4) is 0 Å². The summed E-state index contributed by atoms with van der Waals surface area (Å²) in [4.78, 5) is 14.8. The SMILES string of the molecule is CCn1cc(C(=O)N2CCC[C@H](Cc3[nH]ncc3C)C2)c(C)n1. The topological polar surface area (TPSA) is 66.8 Å². The smallest absolute Gasteiger partial charge is 0.257 e. The molecule has 1 aliphatic heterocycles. The number of aromatic amines is 1.